The number of allylic oxidation sites excluding steroid dienone is 4. The molecule has 0 spiro atoms. The minimum absolute atomic E-state index is 0.132. The predicted molar refractivity (Wildman–Crippen MR) is 62.9 cm³/mol. The average Bonchev–Trinajstić information content (AvgIpc) is 2.61. The lowest BCUT2D eigenvalue weighted by Gasteiger charge is -2.22. The van der Waals surface area contributed by atoms with E-state index in [2.05, 4.69) is 10.1 Å². The number of hydrogen-bond acceptors (Lipinski definition) is 3. The van der Waals surface area contributed by atoms with Crippen molar-refractivity contribution in [2.45, 2.75) is 12.8 Å². The molecule has 2 atom stereocenters. The summed E-state index contributed by atoms with van der Waals surface area (Å²) < 4.78 is 1.47. The van der Waals surface area contributed by atoms with Gasteiger partial charge in [0.05, 0.1) is 5.92 Å². The van der Waals surface area contributed by atoms with Gasteiger partial charge in [0, 0.05) is 12.1 Å². The average molecular weight is 254 g/mol. The Hall–Kier alpha value is -1.62. The van der Waals surface area contributed by atoms with Crippen LogP contribution in [0.25, 0.3) is 0 Å². The molecule has 1 aromatic heterocycles. The van der Waals surface area contributed by atoms with Crippen molar-refractivity contribution in [1.29, 1.82) is 0 Å². The van der Waals surface area contributed by atoms with E-state index in [0.29, 0.717) is 10.9 Å². The number of nitrogens with zero attached hydrogens (tertiary/aromatic N) is 3. The van der Waals surface area contributed by atoms with Crippen LogP contribution < -0.4 is 0 Å². The molecule has 1 heterocycles. The summed E-state index contributed by atoms with van der Waals surface area (Å²) in [5, 5.41) is 13.3. The van der Waals surface area contributed by atoms with Crippen molar-refractivity contribution in [3.8, 4) is 0 Å². The number of carboxylic acids is 1. The minimum atomic E-state index is -1.13. The van der Waals surface area contributed by atoms with Crippen molar-refractivity contribution in [2.75, 3.05) is 0 Å². The second-order valence-corrected chi connectivity index (χ2v) is 4.43. The first-order valence-electron chi connectivity index (χ1n) is 5.19. The third-order valence-electron chi connectivity index (χ3n) is 2.76. The van der Waals surface area contributed by atoms with Crippen molar-refractivity contribution >= 4 is 17.6 Å². The van der Waals surface area contributed by atoms with Gasteiger partial charge in [-0.2, -0.15) is 0 Å². The van der Waals surface area contributed by atoms with Crippen molar-refractivity contribution in [3.05, 3.63) is 34.9 Å². The molecule has 0 amide bonds. The maximum absolute atomic E-state index is 10.8. The smallest absolute Gasteiger partial charge is 0.375 e. The highest BCUT2D eigenvalue weighted by Gasteiger charge is 2.28. The zero-order valence-corrected chi connectivity index (χ0v) is 10.2. The van der Waals surface area contributed by atoms with Gasteiger partial charge in [-0.15, -0.1) is 5.10 Å². The molecule has 6 heteroatoms. The van der Waals surface area contributed by atoms with Crippen molar-refractivity contribution in [3.63, 3.8) is 0 Å². The molecule has 0 saturated heterocycles. The van der Waals surface area contributed by atoms with E-state index in [1.54, 1.807) is 13.1 Å². The van der Waals surface area contributed by atoms with E-state index in [0.717, 1.165) is 0 Å². The van der Waals surface area contributed by atoms with Crippen LogP contribution in [0.3, 0.4) is 0 Å². The number of aromatic nitrogens is 3. The van der Waals surface area contributed by atoms with E-state index in [9.17, 15) is 4.79 Å². The van der Waals surface area contributed by atoms with Crippen LogP contribution in [0.1, 0.15) is 29.3 Å². The summed E-state index contributed by atoms with van der Waals surface area (Å²) in [5.74, 6) is -0.732. The van der Waals surface area contributed by atoms with Gasteiger partial charge in [-0.1, -0.05) is 30.7 Å². The van der Waals surface area contributed by atoms with Gasteiger partial charge in [0.25, 0.3) is 5.82 Å². The molecular formula is C11H12ClN3O2. The second-order valence-electron chi connectivity index (χ2n) is 4.00. The van der Waals surface area contributed by atoms with Crippen molar-refractivity contribution < 1.29 is 9.90 Å². The number of carbonyl (C=O) groups is 1. The molecule has 0 fully saturated rings. The van der Waals surface area contributed by atoms with Gasteiger partial charge < -0.3 is 5.11 Å². The molecule has 0 saturated carbocycles. The van der Waals surface area contributed by atoms with Crippen LogP contribution in [0.15, 0.2) is 23.3 Å². The lowest BCUT2D eigenvalue weighted by atomic mass is 9.89. The number of halogens is 1. The van der Waals surface area contributed by atoms with Gasteiger partial charge in [0.15, 0.2) is 0 Å². The molecule has 1 aliphatic carbocycles. The lowest BCUT2D eigenvalue weighted by Crippen LogP contribution is -2.15. The first-order chi connectivity index (χ1) is 8.00. The Balaban J connectivity index is 2.43. The van der Waals surface area contributed by atoms with Crippen LogP contribution in [0.5, 0.6) is 0 Å². The Kier molecular flexibility index (Phi) is 3.02. The normalized spacial score (nSPS) is 23.6. The number of carboxylic acid groups (broad SMARTS) is 1. The highest BCUT2D eigenvalue weighted by atomic mass is 35.5. The van der Waals surface area contributed by atoms with Crippen LogP contribution in [0, 0.1) is 5.92 Å². The van der Waals surface area contributed by atoms with Crippen LogP contribution in [0.4, 0.5) is 0 Å². The van der Waals surface area contributed by atoms with E-state index < -0.39 is 5.97 Å². The summed E-state index contributed by atoms with van der Waals surface area (Å²) in [6, 6.07) is 0. The zero-order valence-electron chi connectivity index (χ0n) is 9.46. The summed E-state index contributed by atoms with van der Waals surface area (Å²) in [4.78, 5) is 14.8. The maximum Gasteiger partial charge on any atom is 0.375 e. The SMILES string of the molecule is CC1C=CC=C(Cl)C1c1nc(C(=O)O)nn1C. The Morgan fingerprint density at radius 1 is 1.59 bits per heavy atom. The largest absolute Gasteiger partial charge is 0.475 e. The van der Waals surface area contributed by atoms with E-state index in [-0.39, 0.29) is 17.7 Å². The van der Waals surface area contributed by atoms with Crippen LogP contribution in [0.2, 0.25) is 0 Å². The van der Waals surface area contributed by atoms with E-state index in [1.807, 2.05) is 19.1 Å². The first kappa shape index (κ1) is 11.9. The fraction of sp³-hybridized carbons (Fsp3) is 0.364. The highest BCUT2D eigenvalue weighted by Crippen LogP contribution is 2.36. The molecule has 1 N–H and O–H groups in total. The summed E-state index contributed by atoms with van der Waals surface area (Å²) in [6.07, 6.45) is 5.69. The Morgan fingerprint density at radius 2 is 2.29 bits per heavy atom. The topological polar surface area (TPSA) is 68.0 Å². The summed E-state index contributed by atoms with van der Waals surface area (Å²) in [6.45, 7) is 2.01. The number of rotatable bonds is 2. The molecular weight excluding hydrogens is 242 g/mol. The summed E-state index contributed by atoms with van der Waals surface area (Å²) in [5.41, 5.74) is 0. The molecule has 1 aliphatic rings. The molecule has 0 bridgehead atoms. The fourth-order valence-electron chi connectivity index (χ4n) is 1.91. The van der Waals surface area contributed by atoms with Crippen LogP contribution in [-0.2, 0) is 7.05 Å². The Labute approximate surface area is 103 Å². The molecule has 2 rings (SSSR count). The van der Waals surface area contributed by atoms with E-state index >= 15 is 0 Å². The minimum Gasteiger partial charge on any atom is -0.475 e. The zero-order chi connectivity index (χ0) is 12.6. The summed E-state index contributed by atoms with van der Waals surface area (Å²) >= 11 is 6.15. The molecule has 90 valence electrons. The van der Waals surface area contributed by atoms with Crippen LogP contribution in [-0.4, -0.2) is 25.8 Å². The molecule has 0 aromatic carbocycles. The lowest BCUT2D eigenvalue weighted by molar-refractivity contribution is 0.0683. The molecule has 2 unspecified atom stereocenters. The molecule has 0 radical (unpaired) electrons. The third-order valence-corrected chi connectivity index (χ3v) is 3.12. The number of hydrogen-bond donors (Lipinski definition) is 1. The highest BCUT2D eigenvalue weighted by molar-refractivity contribution is 6.30. The number of aryl methyl sites for hydroxylation is 1. The fourth-order valence-corrected chi connectivity index (χ4v) is 2.27. The number of aromatic carboxylic acids is 1. The molecule has 0 aliphatic heterocycles. The Bertz CT molecular complexity index is 519. The van der Waals surface area contributed by atoms with Crippen molar-refractivity contribution in [2.24, 2.45) is 13.0 Å². The molecule has 1 aromatic rings. The standard InChI is InChI=1S/C11H12ClN3O2/c1-6-4-3-5-7(12)8(6)10-13-9(11(16)17)14-15(10)2/h3-6,8H,1-2H3,(H,16,17). The monoisotopic (exact) mass is 253 g/mol. The van der Waals surface area contributed by atoms with Gasteiger partial charge in [-0.05, 0) is 12.0 Å². The van der Waals surface area contributed by atoms with Crippen LogP contribution >= 0.6 is 11.6 Å². The van der Waals surface area contributed by atoms with E-state index in [4.69, 9.17) is 16.7 Å². The van der Waals surface area contributed by atoms with E-state index in [1.165, 1.54) is 4.68 Å². The second kappa shape index (κ2) is 4.33. The molecule has 5 nitrogen and oxygen atoms in total. The molecule has 17 heavy (non-hydrogen) atoms. The third kappa shape index (κ3) is 2.10. The summed E-state index contributed by atoms with van der Waals surface area (Å²) in [7, 11) is 1.67. The van der Waals surface area contributed by atoms with Gasteiger partial charge in [-0.3, -0.25) is 4.68 Å². The van der Waals surface area contributed by atoms with Gasteiger partial charge >= 0.3 is 5.97 Å². The van der Waals surface area contributed by atoms with Gasteiger partial charge in [0.1, 0.15) is 5.82 Å². The quantitative estimate of drug-likeness (QED) is 0.874. The maximum atomic E-state index is 10.8. The predicted octanol–water partition coefficient (Wildman–Crippen LogP) is 1.93. The van der Waals surface area contributed by atoms with Gasteiger partial charge in [-0.25, -0.2) is 9.78 Å². The Morgan fingerprint density at radius 3 is 2.82 bits per heavy atom. The first-order valence-corrected chi connectivity index (χ1v) is 5.56. The van der Waals surface area contributed by atoms with Gasteiger partial charge in [0.2, 0.25) is 0 Å². The van der Waals surface area contributed by atoms with Crippen molar-refractivity contribution in [1.82, 2.24) is 14.8 Å².